The summed E-state index contributed by atoms with van der Waals surface area (Å²) in [6.07, 6.45) is 3.03. The molecule has 7 heteroatoms. The van der Waals surface area contributed by atoms with Gasteiger partial charge in [-0.25, -0.2) is 18.7 Å². The third-order valence-corrected chi connectivity index (χ3v) is 3.63. The quantitative estimate of drug-likeness (QED) is 0.730. The second-order valence-corrected chi connectivity index (χ2v) is 5.63. The van der Waals surface area contributed by atoms with Gasteiger partial charge < -0.3 is 9.30 Å². The van der Waals surface area contributed by atoms with Crippen molar-refractivity contribution in [2.75, 3.05) is 0 Å². The Labute approximate surface area is 142 Å². The monoisotopic (exact) mass is 343 g/mol. The Balaban J connectivity index is 2.12. The number of aryl methyl sites for hydroxylation is 3. The molecule has 0 amide bonds. The Morgan fingerprint density at radius 3 is 2.56 bits per heavy atom. The van der Waals surface area contributed by atoms with E-state index in [1.807, 2.05) is 0 Å². The van der Waals surface area contributed by atoms with Crippen molar-refractivity contribution in [3.63, 3.8) is 0 Å². The molecule has 0 fully saturated rings. The van der Waals surface area contributed by atoms with Gasteiger partial charge in [0.15, 0.2) is 17.3 Å². The number of aromatic nitrogens is 3. The summed E-state index contributed by atoms with van der Waals surface area (Å²) in [5.41, 5.74) is 1.45. The molecule has 5 nitrogen and oxygen atoms in total. The molecule has 1 aromatic carbocycles. The zero-order valence-electron chi connectivity index (χ0n) is 13.9. The van der Waals surface area contributed by atoms with Crippen molar-refractivity contribution in [3.8, 4) is 22.8 Å². The Bertz CT molecular complexity index is 989. The number of ether oxygens (including phenoxy) is 1. The first-order valence-corrected chi connectivity index (χ1v) is 7.49. The van der Waals surface area contributed by atoms with Crippen LogP contribution in [0.1, 0.15) is 11.4 Å². The summed E-state index contributed by atoms with van der Waals surface area (Å²) in [7, 11) is 1.63. The molecule has 3 aromatic rings. The molecular formula is C18H15F2N3O2. The van der Waals surface area contributed by atoms with Gasteiger partial charge in [-0.1, -0.05) is 0 Å². The smallest absolute Gasteiger partial charge is 0.253 e. The average molecular weight is 343 g/mol. The molecule has 0 aliphatic heterocycles. The number of hydrogen-bond acceptors (Lipinski definition) is 4. The van der Waals surface area contributed by atoms with Crippen molar-refractivity contribution >= 4 is 0 Å². The zero-order valence-corrected chi connectivity index (χ0v) is 13.9. The molecule has 0 bridgehead atoms. The Morgan fingerprint density at radius 2 is 1.88 bits per heavy atom. The van der Waals surface area contributed by atoms with Crippen molar-refractivity contribution in [2.24, 2.45) is 7.05 Å². The Kier molecular flexibility index (Phi) is 4.31. The van der Waals surface area contributed by atoms with Crippen molar-refractivity contribution in [2.45, 2.75) is 13.8 Å². The average Bonchev–Trinajstić information content (AvgIpc) is 2.56. The summed E-state index contributed by atoms with van der Waals surface area (Å²) in [5, 5.41) is 0. The van der Waals surface area contributed by atoms with Crippen LogP contribution >= 0.6 is 0 Å². The van der Waals surface area contributed by atoms with Crippen LogP contribution in [0.25, 0.3) is 11.3 Å². The molecule has 128 valence electrons. The predicted octanol–water partition coefficient (Wildman–Crippen LogP) is 3.53. The van der Waals surface area contributed by atoms with E-state index >= 15 is 0 Å². The van der Waals surface area contributed by atoms with Crippen molar-refractivity contribution < 1.29 is 13.5 Å². The molecule has 2 heterocycles. The minimum Gasteiger partial charge on any atom is -0.450 e. The second kappa shape index (κ2) is 6.43. The van der Waals surface area contributed by atoms with Crippen LogP contribution in [0.5, 0.6) is 11.5 Å². The molecule has 0 atom stereocenters. The van der Waals surface area contributed by atoms with Gasteiger partial charge in [-0.2, -0.15) is 0 Å². The van der Waals surface area contributed by atoms with Gasteiger partial charge in [-0.05, 0) is 32.0 Å². The highest BCUT2D eigenvalue weighted by atomic mass is 19.1. The SMILES string of the molecule is Cc1ncc(Oc2ccc(F)cc2F)c(-c2cc(C)c(=O)n(C)c2)n1. The number of benzene rings is 1. The fourth-order valence-corrected chi connectivity index (χ4v) is 2.42. The highest BCUT2D eigenvalue weighted by Crippen LogP contribution is 2.32. The zero-order chi connectivity index (χ0) is 18.1. The Hall–Kier alpha value is -3.09. The van der Waals surface area contributed by atoms with E-state index in [-0.39, 0.29) is 17.1 Å². The van der Waals surface area contributed by atoms with Gasteiger partial charge in [-0.3, -0.25) is 4.79 Å². The maximum atomic E-state index is 13.9. The molecule has 0 aliphatic carbocycles. The second-order valence-electron chi connectivity index (χ2n) is 5.63. The van der Waals surface area contributed by atoms with Crippen LogP contribution in [0.4, 0.5) is 8.78 Å². The lowest BCUT2D eigenvalue weighted by Crippen LogP contribution is -2.18. The normalized spacial score (nSPS) is 10.8. The van der Waals surface area contributed by atoms with Gasteiger partial charge in [0.25, 0.3) is 5.56 Å². The first-order valence-electron chi connectivity index (χ1n) is 7.49. The lowest BCUT2D eigenvalue weighted by molar-refractivity contribution is 0.435. The van der Waals surface area contributed by atoms with E-state index in [9.17, 15) is 13.6 Å². The van der Waals surface area contributed by atoms with Crippen LogP contribution < -0.4 is 10.3 Å². The lowest BCUT2D eigenvalue weighted by Gasteiger charge is -2.12. The van der Waals surface area contributed by atoms with Gasteiger partial charge in [0, 0.05) is 30.4 Å². The largest absolute Gasteiger partial charge is 0.450 e. The van der Waals surface area contributed by atoms with Crippen LogP contribution in [-0.4, -0.2) is 14.5 Å². The van der Waals surface area contributed by atoms with Gasteiger partial charge in [0.05, 0.1) is 6.20 Å². The molecule has 0 radical (unpaired) electrons. The van der Waals surface area contributed by atoms with Crippen LogP contribution in [-0.2, 0) is 7.05 Å². The van der Waals surface area contributed by atoms with E-state index in [0.29, 0.717) is 22.6 Å². The molecule has 0 N–H and O–H groups in total. The summed E-state index contributed by atoms with van der Waals surface area (Å²) in [6.45, 7) is 3.40. The van der Waals surface area contributed by atoms with Crippen molar-refractivity contribution in [1.29, 1.82) is 0 Å². The number of halogens is 2. The lowest BCUT2D eigenvalue weighted by atomic mass is 10.1. The van der Waals surface area contributed by atoms with E-state index < -0.39 is 11.6 Å². The topological polar surface area (TPSA) is 57.0 Å². The molecule has 0 saturated carbocycles. The summed E-state index contributed by atoms with van der Waals surface area (Å²) in [6, 6.07) is 4.71. The van der Waals surface area contributed by atoms with Gasteiger partial charge in [-0.15, -0.1) is 0 Å². The molecule has 0 unspecified atom stereocenters. The van der Waals surface area contributed by atoms with E-state index in [4.69, 9.17) is 4.74 Å². The fourth-order valence-electron chi connectivity index (χ4n) is 2.42. The van der Waals surface area contributed by atoms with Gasteiger partial charge >= 0.3 is 0 Å². The van der Waals surface area contributed by atoms with E-state index in [1.165, 1.54) is 16.8 Å². The highest BCUT2D eigenvalue weighted by molar-refractivity contribution is 5.66. The third kappa shape index (κ3) is 3.40. The maximum Gasteiger partial charge on any atom is 0.253 e. The van der Waals surface area contributed by atoms with Crippen LogP contribution in [0.15, 0.2) is 41.5 Å². The molecule has 2 aromatic heterocycles. The summed E-state index contributed by atoms with van der Waals surface area (Å²) in [5.74, 6) is -0.971. The Morgan fingerprint density at radius 1 is 1.12 bits per heavy atom. The molecule has 0 saturated heterocycles. The van der Waals surface area contributed by atoms with Gasteiger partial charge in [0.1, 0.15) is 17.3 Å². The van der Waals surface area contributed by atoms with Crippen molar-refractivity contribution in [1.82, 2.24) is 14.5 Å². The van der Waals surface area contributed by atoms with Crippen molar-refractivity contribution in [3.05, 3.63) is 70.0 Å². The first kappa shape index (κ1) is 16.8. The number of hydrogen-bond donors (Lipinski definition) is 0. The van der Waals surface area contributed by atoms with Crippen LogP contribution in [0, 0.1) is 25.5 Å². The molecule has 0 aliphatic rings. The minimum atomic E-state index is -0.830. The number of nitrogens with zero attached hydrogens (tertiary/aromatic N) is 3. The van der Waals surface area contributed by atoms with E-state index in [2.05, 4.69) is 9.97 Å². The summed E-state index contributed by atoms with van der Waals surface area (Å²) >= 11 is 0. The number of rotatable bonds is 3. The van der Waals surface area contributed by atoms with Crippen LogP contribution in [0.2, 0.25) is 0 Å². The van der Waals surface area contributed by atoms with Gasteiger partial charge in [0.2, 0.25) is 0 Å². The highest BCUT2D eigenvalue weighted by Gasteiger charge is 2.15. The molecule has 25 heavy (non-hydrogen) atoms. The summed E-state index contributed by atoms with van der Waals surface area (Å²) in [4.78, 5) is 20.3. The third-order valence-electron chi connectivity index (χ3n) is 3.63. The number of pyridine rings is 1. The molecule has 0 spiro atoms. The molecule has 3 rings (SSSR count). The molecular weight excluding hydrogens is 328 g/mol. The first-order chi connectivity index (χ1) is 11.8. The van der Waals surface area contributed by atoms with E-state index in [1.54, 1.807) is 33.2 Å². The summed E-state index contributed by atoms with van der Waals surface area (Å²) < 4.78 is 33.9. The minimum absolute atomic E-state index is 0.124. The predicted molar refractivity (Wildman–Crippen MR) is 88.6 cm³/mol. The maximum absolute atomic E-state index is 13.9. The van der Waals surface area contributed by atoms with E-state index in [0.717, 1.165) is 12.1 Å². The standard InChI is InChI=1S/C18H15F2N3O2/c1-10-6-12(9-23(3)18(10)24)17-16(8-21-11(2)22-17)25-15-5-4-13(19)7-14(15)20/h4-9H,1-3H3. The fraction of sp³-hybridized carbons (Fsp3) is 0.167. The van der Waals surface area contributed by atoms with Crippen LogP contribution in [0.3, 0.4) is 0 Å².